The monoisotopic (exact) mass is 233 g/mol. The quantitative estimate of drug-likeness (QED) is 0.796. The molecule has 0 aliphatic heterocycles. The molecule has 0 aromatic heterocycles. The molecule has 0 heterocycles. The first-order valence-corrected chi connectivity index (χ1v) is 6.07. The van der Waals surface area contributed by atoms with Crippen LogP contribution in [0.5, 0.6) is 0 Å². The van der Waals surface area contributed by atoms with Crippen LogP contribution < -0.4 is 5.73 Å². The summed E-state index contributed by atoms with van der Waals surface area (Å²) in [6.07, 6.45) is 0. The molecule has 1 aromatic carbocycles. The number of benzene rings is 1. The lowest BCUT2D eigenvalue weighted by Crippen LogP contribution is -2.15. The molecule has 0 radical (unpaired) electrons. The van der Waals surface area contributed by atoms with Crippen molar-refractivity contribution >= 4 is 27.1 Å². The second-order valence-electron chi connectivity index (χ2n) is 3.28. The molecule has 1 rings (SSSR count). The summed E-state index contributed by atoms with van der Waals surface area (Å²) in [6.45, 7) is 3.23. The highest BCUT2D eigenvalue weighted by Gasteiger charge is 2.21. The van der Waals surface area contributed by atoms with Crippen LogP contribution in [0.2, 0.25) is 5.02 Å². The van der Waals surface area contributed by atoms with Crippen molar-refractivity contribution in [3.63, 3.8) is 0 Å². The first kappa shape index (κ1) is 11.3. The molecule has 5 heteroatoms. The summed E-state index contributed by atoms with van der Waals surface area (Å²) in [5, 5.41) is -0.0452. The van der Waals surface area contributed by atoms with Gasteiger partial charge in [-0.15, -0.1) is 0 Å². The Morgan fingerprint density at radius 1 is 1.36 bits per heavy atom. The van der Waals surface area contributed by atoms with Crippen molar-refractivity contribution in [2.75, 3.05) is 5.73 Å². The van der Waals surface area contributed by atoms with Crippen molar-refractivity contribution in [2.24, 2.45) is 0 Å². The summed E-state index contributed by atoms with van der Waals surface area (Å²) >= 11 is 5.67. The van der Waals surface area contributed by atoms with E-state index in [1.54, 1.807) is 13.8 Å². The maximum atomic E-state index is 11.7. The molecular weight excluding hydrogens is 222 g/mol. The summed E-state index contributed by atoms with van der Waals surface area (Å²) in [6, 6.07) is 4.40. The molecule has 0 bridgehead atoms. The van der Waals surface area contributed by atoms with E-state index >= 15 is 0 Å². The van der Waals surface area contributed by atoms with Crippen molar-refractivity contribution in [1.29, 1.82) is 0 Å². The summed E-state index contributed by atoms with van der Waals surface area (Å²) in [4.78, 5) is 0.150. The van der Waals surface area contributed by atoms with Gasteiger partial charge in [-0.1, -0.05) is 11.6 Å². The van der Waals surface area contributed by atoms with E-state index in [1.165, 1.54) is 18.2 Å². The number of nitrogens with two attached hydrogens (primary N) is 1. The van der Waals surface area contributed by atoms with Crippen LogP contribution in [0.25, 0.3) is 0 Å². The zero-order valence-electron chi connectivity index (χ0n) is 7.99. The van der Waals surface area contributed by atoms with Gasteiger partial charge in [0.05, 0.1) is 15.8 Å². The summed E-state index contributed by atoms with van der Waals surface area (Å²) in [7, 11) is -3.31. The molecule has 0 amide bonds. The third-order valence-corrected chi connectivity index (χ3v) is 4.36. The van der Waals surface area contributed by atoms with Gasteiger partial charge in [0, 0.05) is 5.02 Å². The van der Waals surface area contributed by atoms with Crippen LogP contribution in [0.4, 0.5) is 5.69 Å². The van der Waals surface area contributed by atoms with Gasteiger partial charge in [0.2, 0.25) is 0 Å². The number of nitrogen functional groups attached to an aromatic ring is 1. The van der Waals surface area contributed by atoms with Crippen molar-refractivity contribution in [1.82, 2.24) is 0 Å². The fraction of sp³-hybridized carbons (Fsp3) is 0.333. The minimum atomic E-state index is -3.31. The zero-order valence-corrected chi connectivity index (χ0v) is 9.56. The Balaban J connectivity index is 3.35. The Bertz CT molecular complexity index is 440. The third kappa shape index (κ3) is 2.01. The van der Waals surface area contributed by atoms with E-state index < -0.39 is 15.1 Å². The summed E-state index contributed by atoms with van der Waals surface area (Å²) in [5.74, 6) is 0. The van der Waals surface area contributed by atoms with E-state index in [2.05, 4.69) is 0 Å². The average Bonchev–Trinajstić information content (AvgIpc) is 2.02. The number of anilines is 1. The standard InChI is InChI=1S/C9H12ClNO2S/c1-6(2)14(12,13)9-4-3-7(10)5-8(9)11/h3-6H,11H2,1-2H3. The molecule has 0 aliphatic carbocycles. The molecular formula is C9H12ClNO2S. The molecule has 14 heavy (non-hydrogen) atoms. The van der Waals surface area contributed by atoms with Gasteiger partial charge in [-0.2, -0.15) is 0 Å². The average molecular weight is 234 g/mol. The minimum Gasteiger partial charge on any atom is -0.398 e. The van der Waals surface area contributed by atoms with Crippen LogP contribution in [-0.4, -0.2) is 13.7 Å². The maximum absolute atomic E-state index is 11.7. The molecule has 0 aliphatic rings. The number of rotatable bonds is 2. The molecule has 2 N–H and O–H groups in total. The van der Waals surface area contributed by atoms with Gasteiger partial charge in [0.25, 0.3) is 0 Å². The molecule has 0 fully saturated rings. The van der Waals surface area contributed by atoms with E-state index in [0.717, 1.165) is 0 Å². The fourth-order valence-electron chi connectivity index (χ4n) is 1.03. The highest BCUT2D eigenvalue weighted by atomic mass is 35.5. The van der Waals surface area contributed by atoms with Crippen LogP contribution in [0.3, 0.4) is 0 Å². The lowest BCUT2D eigenvalue weighted by atomic mass is 10.3. The van der Waals surface area contributed by atoms with Crippen molar-refractivity contribution in [3.8, 4) is 0 Å². The van der Waals surface area contributed by atoms with Gasteiger partial charge < -0.3 is 5.73 Å². The largest absolute Gasteiger partial charge is 0.398 e. The van der Waals surface area contributed by atoms with Gasteiger partial charge in [-0.05, 0) is 32.0 Å². The lowest BCUT2D eigenvalue weighted by Gasteiger charge is -2.10. The number of sulfone groups is 1. The molecule has 0 atom stereocenters. The van der Waals surface area contributed by atoms with Crippen LogP contribution in [-0.2, 0) is 9.84 Å². The van der Waals surface area contributed by atoms with Crippen molar-refractivity contribution in [2.45, 2.75) is 24.0 Å². The van der Waals surface area contributed by atoms with Crippen LogP contribution in [0.1, 0.15) is 13.8 Å². The smallest absolute Gasteiger partial charge is 0.182 e. The number of hydrogen-bond acceptors (Lipinski definition) is 3. The van der Waals surface area contributed by atoms with Gasteiger partial charge >= 0.3 is 0 Å². The summed E-state index contributed by atoms with van der Waals surface area (Å²) < 4.78 is 23.5. The van der Waals surface area contributed by atoms with Gasteiger partial charge in [-0.25, -0.2) is 8.42 Å². The predicted molar refractivity (Wildman–Crippen MR) is 58.2 cm³/mol. The Kier molecular flexibility index (Phi) is 3.07. The van der Waals surface area contributed by atoms with Gasteiger partial charge in [-0.3, -0.25) is 0 Å². The Labute approximate surface area is 88.8 Å². The first-order valence-electron chi connectivity index (χ1n) is 4.14. The molecule has 3 nitrogen and oxygen atoms in total. The topological polar surface area (TPSA) is 60.2 Å². The Hall–Kier alpha value is -0.740. The van der Waals surface area contributed by atoms with Crippen LogP contribution in [0, 0.1) is 0 Å². The van der Waals surface area contributed by atoms with Crippen LogP contribution in [0.15, 0.2) is 23.1 Å². The van der Waals surface area contributed by atoms with E-state index in [0.29, 0.717) is 5.02 Å². The Morgan fingerprint density at radius 2 is 1.93 bits per heavy atom. The number of halogens is 1. The third-order valence-electron chi connectivity index (χ3n) is 1.90. The van der Waals surface area contributed by atoms with E-state index in [1.807, 2.05) is 0 Å². The SMILES string of the molecule is CC(C)S(=O)(=O)c1ccc(Cl)cc1N. The molecule has 0 saturated carbocycles. The van der Waals surface area contributed by atoms with E-state index in [4.69, 9.17) is 17.3 Å². The first-order chi connectivity index (χ1) is 6.35. The fourth-order valence-corrected chi connectivity index (χ4v) is 2.37. The van der Waals surface area contributed by atoms with Gasteiger partial charge in [0.15, 0.2) is 9.84 Å². The highest BCUT2D eigenvalue weighted by molar-refractivity contribution is 7.92. The van der Waals surface area contributed by atoms with Crippen LogP contribution >= 0.6 is 11.6 Å². The van der Waals surface area contributed by atoms with E-state index in [-0.39, 0.29) is 10.6 Å². The number of hydrogen-bond donors (Lipinski definition) is 1. The minimum absolute atomic E-state index is 0.150. The molecule has 0 saturated heterocycles. The van der Waals surface area contributed by atoms with Crippen molar-refractivity contribution < 1.29 is 8.42 Å². The zero-order chi connectivity index (χ0) is 10.9. The normalized spacial score (nSPS) is 12.0. The van der Waals surface area contributed by atoms with Gasteiger partial charge in [0.1, 0.15) is 0 Å². The molecule has 0 spiro atoms. The summed E-state index contributed by atoms with van der Waals surface area (Å²) in [5.41, 5.74) is 5.78. The molecule has 0 unspecified atom stereocenters. The molecule has 78 valence electrons. The molecule has 1 aromatic rings. The predicted octanol–water partition coefficient (Wildman–Crippen LogP) is 2.10. The highest BCUT2D eigenvalue weighted by Crippen LogP contribution is 2.25. The lowest BCUT2D eigenvalue weighted by molar-refractivity contribution is 0.588. The Morgan fingerprint density at radius 3 is 2.36 bits per heavy atom. The van der Waals surface area contributed by atoms with Crippen molar-refractivity contribution in [3.05, 3.63) is 23.2 Å². The second-order valence-corrected chi connectivity index (χ2v) is 6.19. The second kappa shape index (κ2) is 3.79. The van der Waals surface area contributed by atoms with E-state index in [9.17, 15) is 8.42 Å². The maximum Gasteiger partial charge on any atom is 0.182 e.